The Labute approximate surface area is 107 Å². The minimum Gasteiger partial charge on any atom is -0.381 e. The van der Waals surface area contributed by atoms with Crippen LogP contribution in [-0.2, 0) is 4.74 Å². The maximum atomic E-state index is 6.34. The van der Waals surface area contributed by atoms with Gasteiger partial charge in [0.2, 0.25) is 0 Å². The van der Waals surface area contributed by atoms with Gasteiger partial charge in [0, 0.05) is 18.6 Å². The number of nitrogens with zero attached hydrogens (tertiary/aromatic N) is 1. The molecule has 3 rings (SSSR count). The van der Waals surface area contributed by atoms with E-state index in [4.69, 9.17) is 10.5 Å². The monoisotopic (exact) mass is 242 g/mol. The lowest BCUT2D eigenvalue weighted by molar-refractivity contribution is 0.0580. The summed E-state index contributed by atoms with van der Waals surface area (Å²) in [4.78, 5) is 4.68. The minimum atomic E-state index is 0.0264. The normalized spacial score (nSPS) is 18.9. The number of rotatable bonds is 2. The van der Waals surface area contributed by atoms with E-state index >= 15 is 0 Å². The topological polar surface area (TPSA) is 48.1 Å². The van der Waals surface area contributed by atoms with Crippen molar-refractivity contribution in [3.63, 3.8) is 0 Å². The molecule has 3 heteroatoms. The van der Waals surface area contributed by atoms with Crippen LogP contribution in [0.4, 0.5) is 0 Å². The molecule has 1 aliphatic heterocycles. The summed E-state index contributed by atoms with van der Waals surface area (Å²) in [5.41, 5.74) is 8.37. The van der Waals surface area contributed by atoms with Crippen LogP contribution in [0.3, 0.4) is 0 Å². The van der Waals surface area contributed by atoms with Crippen LogP contribution in [0.15, 0.2) is 36.4 Å². The minimum absolute atomic E-state index is 0.0264. The van der Waals surface area contributed by atoms with Crippen LogP contribution >= 0.6 is 0 Å². The first kappa shape index (κ1) is 11.6. The first-order chi connectivity index (χ1) is 8.84. The lowest BCUT2D eigenvalue weighted by Crippen LogP contribution is -2.28. The summed E-state index contributed by atoms with van der Waals surface area (Å²) in [6.45, 7) is 1.65. The molecular formula is C15H18N2O. The van der Waals surface area contributed by atoms with Crippen molar-refractivity contribution in [2.75, 3.05) is 13.2 Å². The number of nitrogens with two attached hydrogens (primary N) is 1. The van der Waals surface area contributed by atoms with Crippen molar-refractivity contribution >= 4 is 10.9 Å². The van der Waals surface area contributed by atoms with Gasteiger partial charge < -0.3 is 10.5 Å². The van der Waals surface area contributed by atoms with Crippen molar-refractivity contribution in [1.29, 1.82) is 0 Å². The molecule has 1 aromatic carbocycles. The van der Waals surface area contributed by atoms with Crippen molar-refractivity contribution < 1.29 is 4.74 Å². The van der Waals surface area contributed by atoms with Crippen molar-refractivity contribution in [2.24, 2.45) is 11.7 Å². The van der Waals surface area contributed by atoms with Crippen molar-refractivity contribution in [1.82, 2.24) is 4.98 Å². The molecule has 0 spiro atoms. The van der Waals surface area contributed by atoms with E-state index in [9.17, 15) is 0 Å². The van der Waals surface area contributed by atoms with E-state index in [1.807, 2.05) is 18.2 Å². The third kappa shape index (κ3) is 2.24. The first-order valence-corrected chi connectivity index (χ1v) is 6.53. The Morgan fingerprint density at radius 2 is 1.89 bits per heavy atom. The summed E-state index contributed by atoms with van der Waals surface area (Å²) in [7, 11) is 0. The van der Waals surface area contributed by atoms with Crippen LogP contribution < -0.4 is 5.73 Å². The average Bonchev–Trinajstić information content (AvgIpc) is 2.47. The maximum absolute atomic E-state index is 6.34. The van der Waals surface area contributed by atoms with Crippen molar-refractivity contribution in [3.8, 4) is 0 Å². The zero-order valence-corrected chi connectivity index (χ0v) is 10.4. The fourth-order valence-corrected chi connectivity index (χ4v) is 2.58. The van der Waals surface area contributed by atoms with Gasteiger partial charge in [-0.1, -0.05) is 24.3 Å². The lowest BCUT2D eigenvalue weighted by atomic mass is 9.90. The molecule has 2 aromatic rings. The Bertz CT molecular complexity index is 535. The maximum Gasteiger partial charge on any atom is 0.0706 e. The molecule has 94 valence electrons. The molecule has 1 saturated heterocycles. The van der Waals surface area contributed by atoms with Gasteiger partial charge in [-0.15, -0.1) is 0 Å². The summed E-state index contributed by atoms with van der Waals surface area (Å²) < 4.78 is 5.38. The largest absolute Gasteiger partial charge is 0.381 e. The van der Waals surface area contributed by atoms with E-state index in [-0.39, 0.29) is 6.04 Å². The predicted octanol–water partition coefficient (Wildman–Crippen LogP) is 2.66. The number of benzene rings is 1. The van der Waals surface area contributed by atoms with E-state index < -0.39 is 0 Å². The van der Waals surface area contributed by atoms with Gasteiger partial charge in [-0.05, 0) is 30.9 Å². The number of fused-ring (bicyclic) bond motifs is 1. The number of para-hydroxylation sites is 1. The van der Waals surface area contributed by atoms with Crippen LogP contribution in [0, 0.1) is 5.92 Å². The van der Waals surface area contributed by atoms with Crippen LogP contribution in [0.2, 0.25) is 0 Å². The predicted molar refractivity (Wildman–Crippen MR) is 72.2 cm³/mol. The lowest BCUT2D eigenvalue weighted by Gasteiger charge is -2.27. The quantitative estimate of drug-likeness (QED) is 0.880. The molecule has 0 aliphatic carbocycles. The Balaban J connectivity index is 1.88. The van der Waals surface area contributed by atoms with Crippen molar-refractivity contribution in [2.45, 2.75) is 18.9 Å². The molecule has 2 N–H and O–H groups in total. The highest BCUT2D eigenvalue weighted by Gasteiger charge is 2.23. The highest BCUT2D eigenvalue weighted by atomic mass is 16.5. The molecule has 1 unspecified atom stereocenters. The summed E-state index contributed by atoms with van der Waals surface area (Å²) in [6.07, 6.45) is 2.07. The van der Waals surface area contributed by atoms with Gasteiger partial charge in [-0.2, -0.15) is 0 Å². The van der Waals surface area contributed by atoms with E-state index in [0.29, 0.717) is 5.92 Å². The van der Waals surface area contributed by atoms with Crippen LogP contribution in [0.5, 0.6) is 0 Å². The van der Waals surface area contributed by atoms with Gasteiger partial charge in [0.05, 0.1) is 17.3 Å². The second-order valence-corrected chi connectivity index (χ2v) is 4.90. The Morgan fingerprint density at radius 3 is 2.72 bits per heavy atom. The number of ether oxygens (including phenoxy) is 1. The Kier molecular flexibility index (Phi) is 3.26. The highest BCUT2D eigenvalue weighted by molar-refractivity contribution is 5.78. The standard InChI is InChI=1S/C15H18N2O/c16-15(12-7-9-18-10-8-12)14-6-5-11-3-1-2-4-13(11)17-14/h1-6,12,15H,7-10,16H2. The Morgan fingerprint density at radius 1 is 1.11 bits per heavy atom. The number of hydrogen-bond acceptors (Lipinski definition) is 3. The zero-order chi connectivity index (χ0) is 12.4. The smallest absolute Gasteiger partial charge is 0.0706 e. The summed E-state index contributed by atoms with van der Waals surface area (Å²) in [5.74, 6) is 0.493. The molecule has 2 heterocycles. The average molecular weight is 242 g/mol. The molecular weight excluding hydrogens is 224 g/mol. The van der Waals surface area contributed by atoms with Gasteiger partial charge in [-0.25, -0.2) is 0 Å². The molecule has 1 aromatic heterocycles. The molecule has 1 atom stereocenters. The molecule has 3 nitrogen and oxygen atoms in total. The van der Waals surface area contributed by atoms with Gasteiger partial charge in [-0.3, -0.25) is 4.98 Å². The van der Waals surface area contributed by atoms with E-state index in [1.54, 1.807) is 0 Å². The number of hydrogen-bond donors (Lipinski definition) is 1. The first-order valence-electron chi connectivity index (χ1n) is 6.53. The third-order valence-corrected chi connectivity index (χ3v) is 3.74. The molecule has 0 radical (unpaired) electrons. The number of aromatic nitrogens is 1. The van der Waals surface area contributed by atoms with Crippen LogP contribution in [-0.4, -0.2) is 18.2 Å². The molecule has 1 fully saturated rings. The van der Waals surface area contributed by atoms with Gasteiger partial charge in [0.25, 0.3) is 0 Å². The summed E-state index contributed by atoms with van der Waals surface area (Å²) in [6, 6.07) is 12.3. The summed E-state index contributed by atoms with van der Waals surface area (Å²) >= 11 is 0. The summed E-state index contributed by atoms with van der Waals surface area (Å²) in [5, 5.41) is 1.17. The SMILES string of the molecule is NC(c1ccc2ccccc2n1)C1CCOCC1. The fraction of sp³-hybridized carbons (Fsp3) is 0.400. The highest BCUT2D eigenvalue weighted by Crippen LogP contribution is 2.27. The van der Waals surface area contributed by atoms with Gasteiger partial charge in [0.15, 0.2) is 0 Å². The molecule has 0 saturated carbocycles. The van der Waals surface area contributed by atoms with E-state index in [0.717, 1.165) is 37.3 Å². The fourth-order valence-electron chi connectivity index (χ4n) is 2.58. The molecule has 18 heavy (non-hydrogen) atoms. The molecule has 0 amide bonds. The van der Waals surface area contributed by atoms with E-state index in [1.165, 1.54) is 5.39 Å². The van der Waals surface area contributed by atoms with Crippen LogP contribution in [0.1, 0.15) is 24.6 Å². The molecule has 1 aliphatic rings. The van der Waals surface area contributed by atoms with Crippen LogP contribution in [0.25, 0.3) is 10.9 Å². The van der Waals surface area contributed by atoms with Gasteiger partial charge in [0.1, 0.15) is 0 Å². The zero-order valence-electron chi connectivity index (χ0n) is 10.4. The third-order valence-electron chi connectivity index (χ3n) is 3.74. The van der Waals surface area contributed by atoms with Crippen molar-refractivity contribution in [3.05, 3.63) is 42.1 Å². The van der Waals surface area contributed by atoms with Gasteiger partial charge >= 0.3 is 0 Å². The Hall–Kier alpha value is -1.45. The second-order valence-electron chi connectivity index (χ2n) is 4.90. The number of pyridine rings is 1. The second kappa shape index (κ2) is 5.04. The van der Waals surface area contributed by atoms with E-state index in [2.05, 4.69) is 23.2 Å². The molecule has 0 bridgehead atoms.